The first-order chi connectivity index (χ1) is 16.8. The van der Waals surface area contributed by atoms with Crippen molar-refractivity contribution >= 4 is 5.91 Å². The summed E-state index contributed by atoms with van der Waals surface area (Å²) in [4.78, 5) is 17.1. The van der Waals surface area contributed by atoms with Crippen LogP contribution in [0.15, 0.2) is 0 Å². The summed E-state index contributed by atoms with van der Waals surface area (Å²) in [5.41, 5.74) is 5.79. The lowest BCUT2D eigenvalue weighted by molar-refractivity contribution is -0.229. The molecule has 0 aromatic carbocycles. The number of fused-ring (bicyclic) bond motifs is 1. The molecule has 6 nitrogen and oxygen atoms in total. The second kappa shape index (κ2) is 12.2. The van der Waals surface area contributed by atoms with Crippen LogP contribution in [0.3, 0.4) is 0 Å². The number of nitrogens with zero attached hydrogens (tertiary/aromatic N) is 2. The van der Waals surface area contributed by atoms with Crippen LogP contribution < -0.4 is 5.73 Å². The predicted molar refractivity (Wildman–Crippen MR) is 121 cm³/mol. The van der Waals surface area contributed by atoms with Gasteiger partial charge in [0.2, 0.25) is 5.91 Å². The lowest BCUT2D eigenvalue weighted by Gasteiger charge is -2.41. The predicted octanol–water partition coefficient (Wildman–Crippen LogP) is 4.18. The van der Waals surface area contributed by atoms with Crippen LogP contribution in [0.25, 0.3) is 0 Å². The number of carbonyl (C=O) groups is 1. The molecule has 6 unspecified atom stereocenters. The summed E-state index contributed by atoms with van der Waals surface area (Å²) in [7, 11) is 1.58. The Kier molecular flexibility index (Phi) is 9.95. The zero-order chi connectivity index (χ0) is 26.7. The molecule has 1 heterocycles. The van der Waals surface area contributed by atoms with E-state index in [4.69, 9.17) is 15.2 Å². The summed E-state index contributed by atoms with van der Waals surface area (Å²) in [6, 6.07) is -0.481. The molecule has 2 N–H and O–H groups in total. The van der Waals surface area contributed by atoms with Crippen LogP contribution in [-0.2, 0) is 14.3 Å². The zero-order valence-electron chi connectivity index (χ0n) is 21.0. The van der Waals surface area contributed by atoms with Gasteiger partial charge in [-0.25, -0.2) is 0 Å². The third-order valence-electron chi connectivity index (χ3n) is 8.23. The quantitative estimate of drug-likeness (QED) is 0.452. The van der Waals surface area contributed by atoms with Crippen LogP contribution in [0.5, 0.6) is 0 Å². The molecular weight excluding hydrogens is 492 g/mol. The van der Waals surface area contributed by atoms with Gasteiger partial charge in [0.15, 0.2) is 0 Å². The van der Waals surface area contributed by atoms with Crippen molar-refractivity contribution in [2.45, 2.75) is 82.5 Å². The molecule has 3 rings (SSSR count). The molecule has 6 atom stereocenters. The third-order valence-corrected chi connectivity index (χ3v) is 8.23. The molecule has 3 fully saturated rings. The van der Waals surface area contributed by atoms with Crippen LogP contribution in [0.1, 0.15) is 51.9 Å². The average molecular weight is 532 g/mol. The fourth-order valence-corrected chi connectivity index (χ4v) is 6.23. The smallest absolute Gasteiger partial charge is 0.349 e. The van der Waals surface area contributed by atoms with Crippen LogP contribution in [0, 0.1) is 23.7 Å². The van der Waals surface area contributed by atoms with Gasteiger partial charge in [0.1, 0.15) is 6.79 Å². The number of nitrogens with two attached hydrogens (primary N) is 1. The van der Waals surface area contributed by atoms with E-state index >= 15 is 0 Å². The Morgan fingerprint density at radius 2 is 1.56 bits per heavy atom. The van der Waals surface area contributed by atoms with Gasteiger partial charge in [-0.3, -0.25) is 9.69 Å². The minimum atomic E-state index is -4.66. The number of carbonyl (C=O) groups excluding carboxylic acids is 1. The number of hydrogen-bond acceptors (Lipinski definition) is 5. The Balaban J connectivity index is 1.67. The molecule has 3 aliphatic rings. The summed E-state index contributed by atoms with van der Waals surface area (Å²) in [5.74, 6) is -4.88. The maximum atomic E-state index is 13.6. The first-order valence-electron chi connectivity index (χ1n) is 12.9. The summed E-state index contributed by atoms with van der Waals surface area (Å²) in [6.07, 6.45) is -8.69. The zero-order valence-corrected chi connectivity index (χ0v) is 21.0. The van der Waals surface area contributed by atoms with Gasteiger partial charge >= 0.3 is 12.4 Å². The first kappa shape index (κ1) is 29.4. The molecule has 2 aliphatic carbocycles. The lowest BCUT2D eigenvalue weighted by atomic mass is 9.73. The number of rotatable bonds is 9. The molecule has 1 aliphatic heterocycles. The molecule has 210 valence electrons. The van der Waals surface area contributed by atoms with E-state index in [0.717, 1.165) is 12.8 Å². The van der Waals surface area contributed by atoms with Gasteiger partial charge in [0, 0.05) is 26.7 Å². The molecule has 36 heavy (non-hydrogen) atoms. The number of likely N-dealkylation sites (N-methyl/N-ethyl adjacent to an activating group) is 2. The Bertz CT molecular complexity index is 700. The standard InChI is InChI=1S/C24H39F6N3O3/c1-3-33(9-7-31)21(16-4-5-19-20(12-16)36-14-35-19)22(34)32(2)8-6-15-10-17(23(25,26)27)13-18(11-15)24(28,29)30/h15-21H,3-14,31H2,1-2H3. The van der Waals surface area contributed by atoms with Crippen molar-refractivity contribution in [3.63, 3.8) is 0 Å². The van der Waals surface area contributed by atoms with E-state index in [0.29, 0.717) is 26.1 Å². The molecule has 0 spiro atoms. The maximum absolute atomic E-state index is 13.6. The van der Waals surface area contributed by atoms with Gasteiger partial charge in [-0.05, 0) is 63.3 Å². The van der Waals surface area contributed by atoms with Crippen molar-refractivity contribution in [3.8, 4) is 0 Å². The highest BCUT2D eigenvalue weighted by molar-refractivity contribution is 5.82. The number of amides is 1. The summed E-state index contributed by atoms with van der Waals surface area (Å²) < 4.78 is 91.3. The van der Waals surface area contributed by atoms with Gasteiger partial charge < -0.3 is 20.1 Å². The third kappa shape index (κ3) is 7.26. The lowest BCUT2D eigenvalue weighted by Crippen LogP contribution is -2.54. The fraction of sp³-hybridized carbons (Fsp3) is 0.958. The Morgan fingerprint density at radius 1 is 0.944 bits per heavy atom. The van der Waals surface area contributed by atoms with Crippen LogP contribution in [-0.4, -0.2) is 86.3 Å². The highest BCUT2D eigenvalue weighted by Gasteiger charge is 2.52. The van der Waals surface area contributed by atoms with E-state index in [1.54, 1.807) is 7.05 Å². The minimum Gasteiger partial charge on any atom is -0.349 e. The van der Waals surface area contributed by atoms with Crippen molar-refractivity contribution < 1.29 is 40.6 Å². The summed E-state index contributed by atoms with van der Waals surface area (Å²) in [5, 5.41) is 0. The molecule has 0 radical (unpaired) electrons. The molecule has 2 saturated carbocycles. The molecule has 0 aromatic rings. The second-order valence-corrected chi connectivity index (χ2v) is 10.6. The van der Waals surface area contributed by atoms with Crippen molar-refractivity contribution in [1.29, 1.82) is 0 Å². The number of halogens is 6. The van der Waals surface area contributed by atoms with Crippen LogP contribution in [0.4, 0.5) is 26.3 Å². The number of alkyl halides is 6. The van der Waals surface area contributed by atoms with E-state index in [1.165, 1.54) is 4.90 Å². The van der Waals surface area contributed by atoms with Crippen LogP contribution in [0.2, 0.25) is 0 Å². The first-order valence-corrected chi connectivity index (χ1v) is 12.9. The summed E-state index contributed by atoms with van der Waals surface area (Å²) in [6.45, 7) is 3.74. The summed E-state index contributed by atoms with van der Waals surface area (Å²) >= 11 is 0. The average Bonchev–Trinajstić information content (AvgIpc) is 3.28. The van der Waals surface area contributed by atoms with E-state index in [2.05, 4.69) is 0 Å². The van der Waals surface area contributed by atoms with Gasteiger partial charge in [-0.15, -0.1) is 0 Å². The maximum Gasteiger partial charge on any atom is 0.391 e. The number of ether oxygens (including phenoxy) is 2. The second-order valence-electron chi connectivity index (χ2n) is 10.6. The molecule has 12 heteroatoms. The Hall–Kier alpha value is -1.11. The van der Waals surface area contributed by atoms with E-state index < -0.39 is 42.6 Å². The largest absolute Gasteiger partial charge is 0.391 e. The van der Waals surface area contributed by atoms with Gasteiger partial charge in [-0.2, -0.15) is 26.3 Å². The van der Waals surface area contributed by atoms with Crippen molar-refractivity contribution in [3.05, 3.63) is 0 Å². The van der Waals surface area contributed by atoms with Gasteiger partial charge in [0.25, 0.3) is 0 Å². The van der Waals surface area contributed by atoms with E-state index in [-0.39, 0.29) is 56.6 Å². The van der Waals surface area contributed by atoms with Crippen molar-refractivity contribution in [1.82, 2.24) is 9.80 Å². The van der Waals surface area contributed by atoms with Gasteiger partial charge in [-0.1, -0.05) is 6.92 Å². The monoisotopic (exact) mass is 531 g/mol. The molecule has 0 aromatic heterocycles. The Labute approximate surface area is 208 Å². The Morgan fingerprint density at radius 3 is 2.11 bits per heavy atom. The highest BCUT2D eigenvalue weighted by atomic mass is 19.4. The van der Waals surface area contributed by atoms with Gasteiger partial charge in [0.05, 0.1) is 30.1 Å². The van der Waals surface area contributed by atoms with E-state index in [1.807, 2.05) is 11.8 Å². The number of hydrogen-bond donors (Lipinski definition) is 1. The van der Waals surface area contributed by atoms with Crippen molar-refractivity contribution in [2.75, 3.05) is 40.0 Å². The van der Waals surface area contributed by atoms with Crippen LogP contribution >= 0.6 is 0 Å². The highest BCUT2D eigenvalue weighted by Crippen LogP contribution is 2.48. The topological polar surface area (TPSA) is 68.0 Å². The molecule has 1 saturated heterocycles. The van der Waals surface area contributed by atoms with Crippen molar-refractivity contribution in [2.24, 2.45) is 29.4 Å². The van der Waals surface area contributed by atoms with E-state index in [9.17, 15) is 31.1 Å². The molecule has 0 bridgehead atoms. The normalized spacial score (nSPS) is 32.4. The SMILES string of the molecule is CCN(CCN)C(C(=O)N(C)CCC1CC(C(F)(F)F)CC(C(F)(F)F)C1)C1CCC2OCOC2C1. The molecule has 1 amide bonds. The fourth-order valence-electron chi connectivity index (χ4n) is 6.23. The minimum absolute atomic E-state index is 0.00620. The molecular formula is C24H39F6N3O3.